The van der Waals surface area contributed by atoms with Crippen LogP contribution in [0.1, 0.15) is 29.6 Å². The quantitative estimate of drug-likeness (QED) is 0.540. The van der Waals surface area contributed by atoms with E-state index in [4.69, 9.17) is 5.11 Å². The maximum atomic E-state index is 12.4. The minimum Gasteiger partial charge on any atom is -0.481 e. The average Bonchev–Trinajstić information content (AvgIpc) is 3.11. The van der Waals surface area contributed by atoms with E-state index in [2.05, 4.69) is 20.7 Å². The third-order valence-electron chi connectivity index (χ3n) is 3.91. The molecule has 0 atom stereocenters. The summed E-state index contributed by atoms with van der Waals surface area (Å²) < 4.78 is 1.40. The highest BCUT2D eigenvalue weighted by Gasteiger charge is 2.16. The SMILES string of the molecule is O=C(O)CCCC(=O)Nc1nc(NC(=O)c2ccccc2)nn1-c1ccccc1. The van der Waals surface area contributed by atoms with Crippen LogP contribution in [-0.4, -0.2) is 37.7 Å². The van der Waals surface area contributed by atoms with E-state index in [-0.39, 0.29) is 37.1 Å². The highest BCUT2D eigenvalue weighted by atomic mass is 16.4. The Morgan fingerprint density at radius 3 is 2.21 bits per heavy atom. The maximum absolute atomic E-state index is 12.4. The predicted molar refractivity (Wildman–Crippen MR) is 106 cm³/mol. The molecule has 0 radical (unpaired) electrons. The van der Waals surface area contributed by atoms with Gasteiger partial charge in [-0.2, -0.15) is 9.67 Å². The van der Waals surface area contributed by atoms with Crippen molar-refractivity contribution in [1.29, 1.82) is 0 Å². The van der Waals surface area contributed by atoms with Crippen molar-refractivity contribution in [3.63, 3.8) is 0 Å². The Labute approximate surface area is 166 Å². The molecule has 0 saturated carbocycles. The van der Waals surface area contributed by atoms with Crippen molar-refractivity contribution in [3.05, 3.63) is 66.2 Å². The molecule has 3 N–H and O–H groups in total. The second kappa shape index (κ2) is 9.27. The van der Waals surface area contributed by atoms with Crippen molar-refractivity contribution in [2.75, 3.05) is 10.6 Å². The number of hydrogen-bond acceptors (Lipinski definition) is 5. The van der Waals surface area contributed by atoms with E-state index >= 15 is 0 Å². The molecule has 0 fully saturated rings. The third-order valence-corrected chi connectivity index (χ3v) is 3.91. The maximum Gasteiger partial charge on any atom is 0.303 e. The van der Waals surface area contributed by atoms with Gasteiger partial charge in [-0.15, -0.1) is 5.10 Å². The molecule has 2 amide bonds. The van der Waals surface area contributed by atoms with Crippen molar-refractivity contribution < 1.29 is 19.5 Å². The fraction of sp³-hybridized carbons (Fsp3) is 0.150. The Kier molecular flexibility index (Phi) is 6.31. The number of carbonyl (C=O) groups is 3. The number of amides is 2. The molecule has 0 aliphatic rings. The standard InChI is InChI=1S/C20H19N5O4/c26-16(12-7-13-17(27)28)21-20-23-19(22-18(29)14-8-3-1-4-9-14)24-25(20)15-10-5-2-6-11-15/h1-6,8-11H,7,12-13H2,(H,27,28)(H2,21,22,23,24,26,29). The number of benzene rings is 2. The molecule has 2 aromatic carbocycles. The summed E-state index contributed by atoms with van der Waals surface area (Å²) in [6, 6.07) is 17.6. The number of carboxylic acid groups (broad SMARTS) is 1. The van der Waals surface area contributed by atoms with E-state index in [1.165, 1.54) is 4.68 Å². The van der Waals surface area contributed by atoms with E-state index < -0.39 is 11.9 Å². The lowest BCUT2D eigenvalue weighted by Gasteiger charge is -2.06. The van der Waals surface area contributed by atoms with Crippen LogP contribution in [0.3, 0.4) is 0 Å². The van der Waals surface area contributed by atoms with Gasteiger partial charge in [-0.3, -0.25) is 25.0 Å². The monoisotopic (exact) mass is 393 g/mol. The van der Waals surface area contributed by atoms with Crippen LogP contribution < -0.4 is 10.6 Å². The lowest BCUT2D eigenvalue weighted by Crippen LogP contribution is -2.15. The summed E-state index contributed by atoms with van der Waals surface area (Å²) in [7, 11) is 0. The molecule has 1 heterocycles. The van der Waals surface area contributed by atoms with Gasteiger partial charge in [0, 0.05) is 18.4 Å². The molecule has 0 saturated heterocycles. The fourth-order valence-corrected chi connectivity index (χ4v) is 2.55. The lowest BCUT2D eigenvalue weighted by molar-refractivity contribution is -0.137. The van der Waals surface area contributed by atoms with Crippen LogP contribution in [0.25, 0.3) is 5.69 Å². The number of aliphatic carboxylic acids is 1. The normalized spacial score (nSPS) is 10.3. The third kappa shape index (κ3) is 5.48. The number of carboxylic acids is 1. The van der Waals surface area contributed by atoms with Gasteiger partial charge < -0.3 is 5.11 Å². The van der Waals surface area contributed by atoms with Gasteiger partial charge in [0.2, 0.25) is 11.9 Å². The minimum atomic E-state index is -0.962. The molecule has 148 valence electrons. The van der Waals surface area contributed by atoms with Gasteiger partial charge in [0.15, 0.2) is 0 Å². The Morgan fingerprint density at radius 1 is 0.897 bits per heavy atom. The second-order valence-electron chi connectivity index (χ2n) is 6.12. The first-order chi connectivity index (χ1) is 14.0. The average molecular weight is 393 g/mol. The molecule has 29 heavy (non-hydrogen) atoms. The number of aromatic nitrogens is 3. The van der Waals surface area contributed by atoms with E-state index in [1.807, 2.05) is 6.07 Å². The summed E-state index contributed by atoms with van der Waals surface area (Å²) in [5.74, 6) is -1.58. The number of rotatable bonds is 8. The summed E-state index contributed by atoms with van der Waals surface area (Å²) in [5.41, 5.74) is 1.09. The Hall–Kier alpha value is -4.01. The Morgan fingerprint density at radius 2 is 1.55 bits per heavy atom. The summed E-state index contributed by atoms with van der Waals surface area (Å²) in [6.45, 7) is 0. The van der Waals surface area contributed by atoms with Gasteiger partial charge in [0.1, 0.15) is 0 Å². The van der Waals surface area contributed by atoms with Crippen LogP contribution in [0.4, 0.5) is 11.9 Å². The molecule has 0 aliphatic heterocycles. The molecule has 3 rings (SSSR count). The van der Waals surface area contributed by atoms with Crippen molar-refractivity contribution in [3.8, 4) is 5.69 Å². The molecule has 3 aromatic rings. The molecular formula is C20H19N5O4. The van der Waals surface area contributed by atoms with Crippen LogP contribution in [0.2, 0.25) is 0 Å². The van der Waals surface area contributed by atoms with Crippen molar-refractivity contribution >= 4 is 29.7 Å². The molecule has 0 spiro atoms. The first-order valence-corrected chi connectivity index (χ1v) is 8.93. The number of anilines is 2. The van der Waals surface area contributed by atoms with Gasteiger partial charge in [0.05, 0.1) is 5.69 Å². The highest BCUT2D eigenvalue weighted by molar-refractivity contribution is 6.03. The first kappa shape index (κ1) is 19.7. The van der Waals surface area contributed by atoms with Crippen molar-refractivity contribution in [1.82, 2.24) is 14.8 Å². The number of hydrogen-bond donors (Lipinski definition) is 3. The molecule has 9 nitrogen and oxygen atoms in total. The van der Waals surface area contributed by atoms with E-state index in [9.17, 15) is 14.4 Å². The van der Waals surface area contributed by atoms with Crippen LogP contribution in [0.5, 0.6) is 0 Å². The number of carbonyl (C=O) groups excluding carboxylic acids is 2. The van der Waals surface area contributed by atoms with Gasteiger partial charge in [-0.05, 0) is 30.7 Å². The topological polar surface area (TPSA) is 126 Å². The zero-order valence-electron chi connectivity index (χ0n) is 15.4. The molecular weight excluding hydrogens is 374 g/mol. The zero-order valence-corrected chi connectivity index (χ0v) is 15.4. The Balaban J connectivity index is 1.79. The van der Waals surface area contributed by atoms with Crippen LogP contribution in [0.15, 0.2) is 60.7 Å². The first-order valence-electron chi connectivity index (χ1n) is 8.93. The summed E-state index contributed by atoms with van der Waals surface area (Å²) in [5, 5.41) is 18.2. The summed E-state index contributed by atoms with van der Waals surface area (Å²) in [4.78, 5) is 39.3. The van der Waals surface area contributed by atoms with Crippen molar-refractivity contribution in [2.24, 2.45) is 0 Å². The number of nitrogens with one attached hydrogen (secondary N) is 2. The van der Waals surface area contributed by atoms with Crippen molar-refractivity contribution in [2.45, 2.75) is 19.3 Å². The number of para-hydroxylation sites is 1. The summed E-state index contributed by atoms with van der Waals surface area (Å²) in [6.07, 6.45) is 0.134. The fourth-order valence-electron chi connectivity index (χ4n) is 2.55. The molecule has 0 bridgehead atoms. The van der Waals surface area contributed by atoms with E-state index in [0.717, 1.165) is 0 Å². The molecule has 0 aliphatic carbocycles. The highest BCUT2D eigenvalue weighted by Crippen LogP contribution is 2.17. The van der Waals surface area contributed by atoms with Gasteiger partial charge in [-0.1, -0.05) is 36.4 Å². The Bertz CT molecular complexity index is 1000. The minimum absolute atomic E-state index is 0.0274. The largest absolute Gasteiger partial charge is 0.481 e. The van der Waals surface area contributed by atoms with E-state index in [0.29, 0.717) is 11.3 Å². The number of nitrogens with zero attached hydrogens (tertiary/aromatic N) is 3. The zero-order chi connectivity index (χ0) is 20.6. The summed E-state index contributed by atoms with van der Waals surface area (Å²) >= 11 is 0. The van der Waals surface area contributed by atoms with E-state index in [1.54, 1.807) is 54.6 Å². The molecule has 1 aromatic heterocycles. The smallest absolute Gasteiger partial charge is 0.303 e. The second-order valence-corrected chi connectivity index (χ2v) is 6.12. The van der Waals surface area contributed by atoms with Gasteiger partial charge in [0.25, 0.3) is 11.9 Å². The van der Waals surface area contributed by atoms with Gasteiger partial charge in [-0.25, -0.2) is 0 Å². The van der Waals surface area contributed by atoms with Crippen LogP contribution >= 0.6 is 0 Å². The lowest BCUT2D eigenvalue weighted by atomic mass is 10.2. The van der Waals surface area contributed by atoms with Gasteiger partial charge >= 0.3 is 5.97 Å². The predicted octanol–water partition coefficient (Wildman–Crippen LogP) is 2.71. The molecule has 9 heteroatoms. The van der Waals surface area contributed by atoms with Crippen LogP contribution in [0, 0.1) is 0 Å². The molecule has 0 unspecified atom stereocenters. The van der Waals surface area contributed by atoms with Crippen LogP contribution in [-0.2, 0) is 9.59 Å².